The van der Waals surface area contributed by atoms with Crippen molar-refractivity contribution in [2.75, 3.05) is 0 Å². The first-order valence-corrected chi connectivity index (χ1v) is 7.61. The Morgan fingerprint density at radius 2 is 1.69 bits per heavy atom. The van der Waals surface area contributed by atoms with E-state index in [0.29, 0.717) is 0 Å². The minimum Gasteiger partial charge on any atom is -0.480 e. The lowest BCUT2D eigenvalue weighted by Gasteiger charge is -2.18. The number of aliphatic carboxylic acids is 1. The van der Waals surface area contributed by atoms with Crippen LogP contribution in [0.2, 0.25) is 0 Å². The summed E-state index contributed by atoms with van der Waals surface area (Å²) in [4.78, 5) is 23.4. The standard InChI is InChI=1S/C18H16F3NO4/c19-18(20,21)13-8-4-5-11(9-13)10-14(17(25)26)22-16(24)15(23)12-6-2-1-3-7-12/h1-9,14-15,23H,10H2,(H,22,24)(H,25,26)/t14-,15-/m0/s1. The number of carboxylic acids is 1. The smallest absolute Gasteiger partial charge is 0.416 e. The minimum atomic E-state index is -4.55. The monoisotopic (exact) mass is 367 g/mol. The van der Waals surface area contributed by atoms with E-state index in [9.17, 15) is 33.0 Å². The molecule has 2 aromatic rings. The number of amides is 1. The molecule has 2 aromatic carbocycles. The molecule has 2 rings (SSSR count). The van der Waals surface area contributed by atoms with Crippen LogP contribution < -0.4 is 5.32 Å². The summed E-state index contributed by atoms with van der Waals surface area (Å²) in [5.41, 5.74) is -0.537. The van der Waals surface area contributed by atoms with Gasteiger partial charge in [0.2, 0.25) is 0 Å². The molecule has 0 saturated heterocycles. The number of rotatable bonds is 6. The second-order valence-electron chi connectivity index (χ2n) is 5.61. The van der Waals surface area contributed by atoms with Crippen LogP contribution in [-0.2, 0) is 22.2 Å². The Hall–Kier alpha value is -2.87. The Morgan fingerprint density at radius 1 is 1.04 bits per heavy atom. The second-order valence-corrected chi connectivity index (χ2v) is 5.61. The first kappa shape index (κ1) is 19.5. The second kappa shape index (κ2) is 8.01. The molecule has 0 unspecified atom stereocenters. The molecule has 0 radical (unpaired) electrons. The predicted molar refractivity (Wildman–Crippen MR) is 86.1 cm³/mol. The number of hydrogen-bond donors (Lipinski definition) is 3. The van der Waals surface area contributed by atoms with Gasteiger partial charge in [-0.15, -0.1) is 0 Å². The van der Waals surface area contributed by atoms with Crippen molar-refractivity contribution in [3.8, 4) is 0 Å². The minimum absolute atomic E-state index is 0.0988. The summed E-state index contributed by atoms with van der Waals surface area (Å²) < 4.78 is 38.2. The Balaban J connectivity index is 2.12. The molecule has 0 aliphatic carbocycles. The van der Waals surface area contributed by atoms with Crippen molar-refractivity contribution in [1.29, 1.82) is 0 Å². The third kappa shape index (κ3) is 5.06. The normalized spacial score (nSPS) is 13.7. The van der Waals surface area contributed by atoms with Gasteiger partial charge in [0.15, 0.2) is 6.10 Å². The molecule has 138 valence electrons. The van der Waals surface area contributed by atoms with Gasteiger partial charge in [0, 0.05) is 6.42 Å². The third-order valence-electron chi connectivity index (χ3n) is 3.67. The molecule has 3 N–H and O–H groups in total. The van der Waals surface area contributed by atoms with Crippen LogP contribution >= 0.6 is 0 Å². The molecule has 1 amide bonds. The maximum Gasteiger partial charge on any atom is 0.416 e. The van der Waals surface area contributed by atoms with Gasteiger partial charge in [-0.05, 0) is 17.2 Å². The van der Waals surface area contributed by atoms with Crippen LogP contribution in [0.4, 0.5) is 13.2 Å². The molecule has 5 nitrogen and oxygen atoms in total. The third-order valence-corrected chi connectivity index (χ3v) is 3.67. The Labute approximate surface area is 147 Å². The van der Waals surface area contributed by atoms with E-state index in [1.165, 1.54) is 18.2 Å². The van der Waals surface area contributed by atoms with E-state index in [0.717, 1.165) is 18.2 Å². The van der Waals surface area contributed by atoms with Crippen LogP contribution in [-0.4, -0.2) is 28.1 Å². The first-order valence-electron chi connectivity index (χ1n) is 7.61. The Morgan fingerprint density at radius 3 is 2.27 bits per heavy atom. The summed E-state index contributed by atoms with van der Waals surface area (Å²) in [6, 6.07) is 10.6. The highest BCUT2D eigenvalue weighted by molar-refractivity contribution is 5.87. The van der Waals surface area contributed by atoms with Crippen LogP contribution in [0.3, 0.4) is 0 Å². The average molecular weight is 367 g/mol. The van der Waals surface area contributed by atoms with Crippen LogP contribution in [0.1, 0.15) is 22.8 Å². The largest absolute Gasteiger partial charge is 0.480 e. The number of aliphatic hydroxyl groups excluding tert-OH is 1. The molecule has 0 saturated carbocycles. The fraction of sp³-hybridized carbons (Fsp3) is 0.222. The van der Waals surface area contributed by atoms with Gasteiger partial charge >= 0.3 is 12.1 Å². The fourth-order valence-electron chi connectivity index (χ4n) is 2.35. The number of carbonyl (C=O) groups is 2. The predicted octanol–water partition coefficient (Wildman–Crippen LogP) is 2.55. The molecular formula is C18H16F3NO4. The van der Waals surface area contributed by atoms with Gasteiger partial charge in [0.25, 0.3) is 5.91 Å². The molecule has 2 atom stereocenters. The maximum atomic E-state index is 12.7. The van der Waals surface area contributed by atoms with E-state index < -0.39 is 35.8 Å². The van der Waals surface area contributed by atoms with Crippen LogP contribution in [0.15, 0.2) is 54.6 Å². The lowest BCUT2D eigenvalue weighted by atomic mass is 10.0. The van der Waals surface area contributed by atoms with Gasteiger partial charge in [-0.1, -0.05) is 48.5 Å². The van der Waals surface area contributed by atoms with Crippen molar-refractivity contribution in [2.24, 2.45) is 0 Å². The van der Waals surface area contributed by atoms with E-state index in [-0.39, 0.29) is 17.5 Å². The first-order chi connectivity index (χ1) is 12.2. The topological polar surface area (TPSA) is 86.6 Å². The number of hydrogen-bond acceptors (Lipinski definition) is 3. The van der Waals surface area contributed by atoms with Crippen molar-refractivity contribution in [3.05, 3.63) is 71.3 Å². The van der Waals surface area contributed by atoms with Crippen molar-refractivity contribution in [3.63, 3.8) is 0 Å². The SMILES string of the molecule is O=C(O)[C@H](Cc1cccc(C(F)(F)F)c1)NC(=O)[C@@H](O)c1ccccc1. The van der Waals surface area contributed by atoms with Crippen molar-refractivity contribution in [1.82, 2.24) is 5.32 Å². The molecule has 0 heterocycles. The Bertz CT molecular complexity index is 778. The quantitative estimate of drug-likeness (QED) is 0.732. The highest BCUT2D eigenvalue weighted by atomic mass is 19.4. The molecule has 0 aliphatic heterocycles. The van der Waals surface area contributed by atoms with Gasteiger partial charge in [0.1, 0.15) is 6.04 Å². The fourth-order valence-corrected chi connectivity index (χ4v) is 2.35. The van der Waals surface area contributed by atoms with E-state index in [2.05, 4.69) is 5.32 Å². The van der Waals surface area contributed by atoms with E-state index >= 15 is 0 Å². The van der Waals surface area contributed by atoms with Crippen LogP contribution in [0, 0.1) is 0 Å². The van der Waals surface area contributed by atoms with Gasteiger partial charge in [0.05, 0.1) is 5.56 Å². The zero-order valence-corrected chi connectivity index (χ0v) is 13.4. The van der Waals surface area contributed by atoms with Gasteiger partial charge < -0.3 is 15.5 Å². The molecule has 0 spiro atoms. The number of aliphatic hydroxyl groups is 1. The lowest BCUT2D eigenvalue weighted by Crippen LogP contribution is -2.44. The molecular weight excluding hydrogens is 351 g/mol. The highest BCUT2D eigenvalue weighted by Crippen LogP contribution is 2.29. The summed E-state index contributed by atoms with van der Waals surface area (Å²) in [6.07, 6.45) is -6.49. The van der Waals surface area contributed by atoms with E-state index in [1.807, 2.05) is 0 Å². The van der Waals surface area contributed by atoms with Crippen LogP contribution in [0.5, 0.6) is 0 Å². The Kier molecular flexibility index (Phi) is 5.99. The number of alkyl halides is 3. The van der Waals surface area contributed by atoms with E-state index in [4.69, 9.17) is 0 Å². The molecule has 0 fully saturated rings. The summed E-state index contributed by atoms with van der Waals surface area (Å²) >= 11 is 0. The molecule has 0 aromatic heterocycles. The number of benzene rings is 2. The number of halogens is 3. The van der Waals surface area contributed by atoms with Crippen molar-refractivity contribution < 1.29 is 33.0 Å². The van der Waals surface area contributed by atoms with Gasteiger partial charge in [-0.3, -0.25) is 4.79 Å². The van der Waals surface area contributed by atoms with Crippen molar-refractivity contribution >= 4 is 11.9 Å². The zero-order chi connectivity index (χ0) is 19.3. The van der Waals surface area contributed by atoms with Crippen LogP contribution in [0.25, 0.3) is 0 Å². The lowest BCUT2D eigenvalue weighted by molar-refractivity contribution is -0.143. The number of carboxylic acid groups (broad SMARTS) is 1. The average Bonchev–Trinajstić information content (AvgIpc) is 2.60. The summed E-state index contributed by atoms with van der Waals surface area (Å²) in [5, 5.41) is 21.4. The van der Waals surface area contributed by atoms with Gasteiger partial charge in [-0.2, -0.15) is 13.2 Å². The van der Waals surface area contributed by atoms with Crippen molar-refractivity contribution in [2.45, 2.75) is 24.7 Å². The molecule has 0 bridgehead atoms. The maximum absolute atomic E-state index is 12.7. The molecule has 0 aliphatic rings. The highest BCUT2D eigenvalue weighted by Gasteiger charge is 2.31. The number of nitrogens with one attached hydrogen (secondary N) is 1. The number of carbonyl (C=O) groups excluding carboxylic acids is 1. The van der Waals surface area contributed by atoms with E-state index in [1.54, 1.807) is 18.2 Å². The zero-order valence-electron chi connectivity index (χ0n) is 13.4. The van der Waals surface area contributed by atoms with Gasteiger partial charge in [-0.25, -0.2) is 4.79 Å². The molecule has 8 heteroatoms. The summed E-state index contributed by atoms with van der Waals surface area (Å²) in [5.74, 6) is -2.37. The molecule has 26 heavy (non-hydrogen) atoms. The summed E-state index contributed by atoms with van der Waals surface area (Å²) in [6.45, 7) is 0. The summed E-state index contributed by atoms with van der Waals surface area (Å²) in [7, 11) is 0.